The van der Waals surface area contributed by atoms with Crippen LogP contribution in [-0.4, -0.2) is 39.8 Å². The summed E-state index contributed by atoms with van der Waals surface area (Å²) in [6, 6.07) is 11.2. The van der Waals surface area contributed by atoms with E-state index in [4.69, 9.17) is 26.1 Å². The number of anilines is 3. The molecule has 39 heavy (non-hydrogen) atoms. The van der Waals surface area contributed by atoms with E-state index in [9.17, 15) is 14.9 Å². The largest absolute Gasteiger partial charge is 0.493 e. The summed E-state index contributed by atoms with van der Waals surface area (Å²) < 4.78 is 12.1. The third-order valence-electron chi connectivity index (χ3n) is 6.78. The number of nitro groups is 1. The van der Waals surface area contributed by atoms with Crippen molar-refractivity contribution in [2.75, 3.05) is 24.9 Å². The molecule has 0 unspecified atom stereocenters. The number of aromatic nitrogens is 3. The Morgan fingerprint density at radius 2 is 1.85 bits per heavy atom. The summed E-state index contributed by atoms with van der Waals surface area (Å²) in [7, 11) is 3.19. The van der Waals surface area contributed by atoms with Gasteiger partial charge in [0.2, 0.25) is 5.91 Å². The van der Waals surface area contributed by atoms with Gasteiger partial charge in [0.05, 0.1) is 36.2 Å². The highest BCUT2D eigenvalue weighted by Crippen LogP contribution is 2.38. The number of amides is 1. The van der Waals surface area contributed by atoms with Gasteiger partial charge in [-0.05, 0) is 73.4 Å². The molecule has 0 aliphatic heterocycles. The molecule has 11 nitrogen and oxygen atoms in total. The van der Waals surface area contributed by atoms with Gasteiger partial charge in [-0.1, -0.05) is 11.6 Å². The van der Waals surface area contributed by atoms with Crippen molar-refractivity contribution in [3.8, 4) is 11.5 Å². The van der Waals surface area contributed by atoms with Gasteiger partial charge in [-0.3, -0.25) is 9.78 Å². The third kappa shape index (κ3) is 5.17. The second-order valence-electron chi connectivity index (χ2n) is 9.23. The quantitative estimate of drug-likeness (QED) is 0.214. The molecule has 0 atom stereocenters. The first-order valence-electron chi connectivity index (χ1n) is 12.4. The minimum atomic E-state index is -0.673. The zero-order valence-electron chi connectivity index (χ0n) is 21.7. The lowest BCUT2D eigenvalue weighted by Crippen LogP contribution is -2.20. The molecule has 0 saturated heterocycles. The van der Waals surface area contributed by atoms with Crippen LogP contribution in [0.15, 0.2) is 36.4 Å². The van der Waals surface area contributed by atoms with Crippen LogP contribution in [0.1, 0.15) is 29.8 Å². The number of ether oxygens (including phenoxy) is 2. The van der Waals surface area contributed by atoms with Gasteiger partial charge in [0, 0.05) is 28.5 Å². The zero-order chi connectivity index (χ0) is 27.7. The Labute approximate surface area is 229 Å². The van der Waals surface area contributed by atoms with Crippen molar-refractivity contribution in [3.63, 3.8) is 0 Å². The van der Waals surface area contributed by atoms with Crippen molar-refractivity contribution in [2.45, 2.75) is 39.2 Å². The number of pyridine rings is 1. The number of hydrogen-bond acceptors (Lipinski definition) is 8. The van der Waals surface area contributed by atoms with E-state index in [0.29, 0.717) is 22.9 Å². The van der Waals surface area contributed by atoms with Gasteiger partial charge in [-0.2, -0.15) is 4.68 Å². The molecule has 0 spiro atoms. The van der Waals surface area contributed by atoms with Crippen LogP contribution in [-0.2, 0) is 24.2 Å². The highest BCUT2D eigenvalue weighted by Gasteiger charge is 2.25. The van der Waals surface area contributed by atoms with Gasteiger partial charge < -0.3 is 30.2 Å². The molecule has 2 N–H and O–H groups in total. The Bertz CT molecular complexity index is 1600. The Hall–Kier alpha value is -4.38. The van der Waals surface area contributed by atoms with Gasteiger partial charge in [-0.25, -0.2) is 0 Å². The highest BCUT2D eigenvalue weighted by molar-refractivity contribution is 6.33. The second-order valence-corrected chi connectivity index (χ2v) is 9.61. The van der Waals surface area contributed by atoms with Crippen LogP contribution in [0.3, 0.4) is 0 Å². The van der Waals surface area contributed by atoms with Crippen LogP contribution in [0, 0.1) is 17.0 Å². The maximum Gasteiger partial charge on any atom is 0.408 e. The molecule has 1 amide bonds. The average molecular weight is 551 g/mol. The molecule has 5 rings (SSSR count). The minimum absolute atomic E-state index is 0.0831. The lowest BCUT2D eigenvalue weighted by molar-refractivity contribution is -0.389. The summed E-state index contributed by atoms with van der Waals surface area (Å²) in [5.41, 5.74) is 5.70. The molecule has 0 fully saturated rings. The van der Waals surface area contributed by atoms with Crippen LogP contribution >= 0.6 is 11.6 Å². The fraction of sp³-hybridized carbons (Fsp3) is 0.296. The van der Waals surface area contributed by atoms with E-state index in [1.165, 1.54) is 4.68 Å². The molecular formula is C27H27ClN6O5. The number of fused-ring (bicyclic) bond motifs is 2. The van der Waals surface area contributed by atoms with E-state index in [0.717, 1.165) is 59.2 Å². The number of rotatable bonds is 8. The van der Waals surface area contributed by atoms with Crippen molar-refractivity contribution >= 4 is 51.3 Å². The Kier molecular flexibility index (Phi) is 7.25. The van der Waals surface area contributed by atoms with Crippen LogP contribution in [0.5, 0.6) is 11.5 Å². The van der Waals surface area contributed by atoms with E-state index < -0.39 is 16.6 Å². The first kappa shape index (κ1) is 26.2. The van der Waals surface area contributed by atoms with E-state index in [1.54, 1.807) is 27.2 Å². The minimum Gasteiger partial charge on any atom is -0.493 e. The lowest BCUT2D eigenvalue weighted by atomic mass is 9.92. The summed E-state index contributed by atoms with van der Waals surface area (Å²) in [6.07, 6.45) is 3.95. The van der Waals surface area contributed by atoms with E-state index >= 15 is 0 Å². The Morgan fingerprint density at radius 3 is 2.56 bits per heavy atom. The summed E-state index contributed by atoms with van der Waals surface area (Å²) in [4.78, 5) is 28.2. The van der Waals surface area contributed by atoms with E-state index in [-0.39, 0.29) is 11.6 Å². The number of hydrogen-bond donors (Lipinski definition) is 2. The number of nitrogens with one attached hydrogen (secondary N) is 2. The van der Waals surface area contributed by atoms with Gasteiger partial charge >= 0.3 is 5.82 Å². The molecule has 1 aliphatic rings. The maximum atomic E-state index is 12.9. The fourth-order valence-electron chi connectivity index (χ4n) is 4.82. The van der Waals surface area contributed by atoms with Gasteiger partial charge in [0.15, 0.2) is 16.5 Å². The standard InChI is InChI=1S/C27H27ClN6O5/c1-15-25(28)27(34(36)37)32-33(15)14-24(35)29-16-8-10-21-19(12-16)26(18-6-4-5-7-20(18)31-21)30-17-9-11-22(38-2)23(13-17)39-3/h8-13H,4-7,14H2,1-3H3,(H,29,35)(H,30,31). The predicted octanol–water partition coefficient (Wildman–Crippen LogP) is 5.58. The molecule has 0 radical (unpaired) electrons. The van der Waals surface area contributed by atoms with Crippen LogP contribution < -0.4 is 20.1 Å². The molecule has 1 aliphatic carbocycles. The van der Waals surface area contributed by atoms with Gasteiger partial charge in [-0.15, -0.1) is 0 Å². The number of nitrogens with zero attached hydrogens (tertiary/aromatic N) is 4. The van der Waals surface area contributed by atoms with Crippen molar-refractivity contribution in [1.82, 2.24) is 14.8 Å². The van der Waals surface area contributed by atoms with Gasteiger partial charge in [0.25, 0.3) is 0 Å². The number of carbonyl (C=O) groups is 1. The van der Waals surface area contributed by atoms with Crippen LogP contribution in [0.4, 0.5) is 22.9 Å². The molecule has 12 heteroatoms. The zero-order valence-corrected chi connectivity index (χ0v) is 22.5. The smallest absolute Gasteiger partial charge is 0.408 e. The molecule has 202 valence electrons. The SMILES string of the molecule is COc1ccc(Nc2c3c(nc4ccc(NC(=O)Cn5nc([N+](=O)[O-])c(Cl)c5C)cc24)CCCC3)cc1OC. The molecule has 2 aromatic heterocycles. The van der Waals surface area contributed by atoms with Crippen molar-refractivity contribution in [1.29, 1.82) is 0 Å². The summed E-state index contributed by atoms with van der Waals surface area (Å²) >= 11 is 6.01. The molecular weight excluding hydrogens is 524 g/mol. The van der Waals surface area contributed by atoms with Gasteiger partial charge in [0.1, 0.15) is 6.54 Å². The monoisotopic (exact) mass is 550 g/mol. The Balaban J connectivity index is 1.48. The molecule has 2 aromatic carbocycles. The number of carbonyl (C=O) groups excluding carboxylic acids is 1. The molecule has 0 saturated carbocycles. The average Bonchev–Trinajstić information content (AvgIpc) is 3.21. The first-order chi connectivity index (χ1) is 18.8. The summed E-state index contributed by atoms with van der Waals surface area (Å²) in [5, 5.41) is 22.2. The van der Waals surface area contributed by atoms with E-state index in [2.05, 4.69) is 15.7 Å². The summed E-state index contributed by atoms with van der Waals surface area (Å²) in [6.45, 7) is 1.35. The normalized spacial score (nSPS) is 12.6. The highest BCUT2D eigenvalue weighted by atomic mass is 35.5. The van der Waals surface area contributed by atoms with Crippen molar-refractivity contribution in [2.24, 2.45) is 0 Å². The molecule has 0 bridgehead atoms. The topological polar surface area (TPSA) is 133 Å². The second kappa shape index (κ2) is 10.8. The number of halogens is 1. The van der Waals surface area contributed by atoms with E-state index in [1.807, 2.05) is 30.3 Å². The summed E-state index contributed by atoms with van der Waals surface area (Å²) in [5.74, 6) is 0.367. The first-order valence-corrected chi connectivity index (χ1v) is 12.8. The lowest BCUT2D eigenvalue weighted by Gasteiger charge is -2.22. The van der Waals surface area contributed by atoms with Crippen LogP contribution in [0.25, 0.3) is 10.9 Å². The fourth-order valence-corrected chi connectivity index (χ4v) is 5.02. The number of aryl methyl sites for hydroxylation is 1. The van der Waals surface area contributed by atoms with Crippen molar-refractivity contribution < 1.29 is 19.2 Å². The van der Waals surface area contributed by atoms with Crippen molar-refractivity contribution in [3.05, 3.63) is 68.5 Å². The number of methoxy groups -OCH3 is 2. The molecule has 4 aromatic rings. The third-order valence-corrected chi connectivity index (χ3v) is 7.22. The van der Waals surface area contributed by atoms with Crippen LogP contribution in [0.2, 0.25) is 5.02 Å². The Morgan fingerprint density at radius 1 is 1.10 bits per heavy atom. The maximum absolute atomic E-state index is 12.9. The number of benzene rings is 2. The molecule has 2 heterocycles. The predicted molar refractivity (Wildman–Crippen MR) is 148 cm³/mol.